The normalized spacial score (nSPS) is 18.8. The van der Waals surface area contributed by atoms with Gasteiger partial charge >= 0.3 is 12.1 Å². The summed E-state index contributed by atoms with van der Waals surface area (Å²) in [7, 11) is 1.57. The standard InChI is InChI=1S/C29H28ClF3N2O4/c1-39-21-7-8-26-23(16-21)22(10-12-34-26)27(36)9-5-18-11-14-35(17-24(18)28(37)38)13-2-3-19-4-6-20(15-25(19)30)29(31,32)33/h4,6-8,10,12,15-16,18,24,27,36H,5,9,11,13-14,17H2,1H3,(H,37,38)/t18-,24+,27?/m1/s1. The first-order chi connectivity index (χ1) is 18.6. The zero-order chi connectivity index (χ0) is 28.2. The van der Waals surface area contributed by atoms with Gasteiger partial charge < -0.3 is 14.9 Å². The summed E-state index contributed by atoms with van der Waals surface area (Å²) in [5, 5.41) is 21.6. The lowest BCUT2D eigenvalue weighted by molar-refractivity contribution is -0.146. The fourth-order valence-electron chi connectivity index (χ4n) is 4.97. The molecule has 39 heavy (non-hydrogen) atoms. The first-order valence-corrected chi connectivity index (χ1v) is 12.9. The van der Waals surface area contributed by atoms with E-state index >= 15 is 0 Å². The number of methoxy groups -OCH3 is 1. The molecule has 10 heteroatoms. The van der Waals surface area contributed by atoms with Crippen LogP contribution in [0.25, 0.3) is 10.9 Å². The summed E-state index contributed by atoms with van der Waals surface area (Å²) in [6.07, 6.45) is -2.07. The highest BCUT2D eigenvalue weighted by molar-refractivity contribution is 6.31. The highest BCUT2D eigenvalue weighted by Gasteiger charge is 2.34. The van der Waals surface area contributed by atoms with Crippen molar-refractivity contribution in [2.45, 2.75) is 31.5 Å². The van der Waals surface area contributed by atoms with Crippen LogP contribution in [0.2, 0.25) is 5.02 Å². The molecule has 2 N–H and O–H groups in total. The van der Waals surface area contributed by atoms with Crippen molar-refractivity contribution in [1.29, 1.82) is 0 Å². The first kappa shape index (κ1) is 28.7. The molecule has 0 radical (unpaired) electrons. The fraction of sp³-hybridized carbons (Fsp3) is 0.379. The van der Waals surface area contributed by atoms with Crippen molar-refractivity contribution in [2.75, 3.05) is 26.7 Å². The molecule has 2 aromatic carbocycles. The van der Waals surface area contributed by atoms with Crippen molar-refractivity contribution >= 4 is 28.5 Å². The molecule has 1 fully saturated rings. The number of aromatic nitrogens is 1. The average Bonchev–Trinajstić information content (AvgIpc) is 2.91. The summed E-state index contributed by atoms with van der Waals surface area (Å²) >= 11 is 5.97. The van der Waals surface area contributed by atoms with Crippen LogP contribution in [0.1, 0.15) is 42.1 Å². The van der Waals surface area contributed by atoms with Gasteiger partial charge in [0.15, 0.2) is 0 Å². The van der Waals surface area contributed by atoms with Crippen LogP contribution in [0.5, 0.6) is 5.75 Å². The monoisotopic (exact) mass is 560 g/mol. The summed E-state index contributed by atoms with van der Waals surface area (Å²) in [5.74, 6) is 4.70. The topological polar surface area (TPSA) is 82.9 Å². The number of carbonyl (C=O) groups is 1. The van der Waals surface area contributed by atoms with Gasteiger partial charge in [-0.15, -0.1) is 0 Å². The molecule has 1 aliphatic heterocycles. The molecule has 0 amide bonds. The Kier molecular flexibility index (Phi) is 9.01. The molecule has 1 aliphatic rings. The van der Waals surface area contributed by atoms with Crippen LogP contribution in [0.15, 0.2) is 48.7 Å². The van der Waals surface area contributed by atoms with Crippen LogP contribution >= 0.6 is 11.6 Å². The van der Waals surface area contributed by atoms with Crippen LogP contribution in [-0.2, 0) is 11.0 Å². The Bertz CT molecular complexity index is 1400. The summed E-state index contributed by atoms with van der Waals surface area (Å²) in [6, 6.07) is 10.2. The number of nitrogens with zero attached hydrogens (tertiary/aromatic N) is 2. The predicted molar refractivity (Wildman–Crippen MR) is 141 cm³/mol. The third kappa shape index (κ3) is 7.01. The molecular formula is C29H28ClF3N2O4. The number of carboxylic acid groups (broad SMARTS) is 1. The molecule has 4 rings (SSSR count). The number of aliphatic hydroxyl groups is 1. The maximum absolute atomic E-state index is 12.8. The predicted octanol–water partition coefficient (Wildman–Crippen LogP) is 5.80. The number of aliphatic carboxylic acids is 1. The summed E-state index contributed by atoms with van der Waals surface area (Å²) in [4.78, 5) is 18.3. The van der Waals surface area contributed by atoms with Gasteiger partial charge in [-0.25, -0.2) is 0 Å². The highest BCUT2D eigenvalue weighted by atomic mass is 35.5. The molecular weight excluding hydrogens is 533 g/mol. The molecule has 6 nitrogen and oxygen atoms in total. The number of benzene rings is 2. The largest absolute Gasteiger partial charge is 0.497 e. The smallest absolute Gasteiger partial charge is 0.416 e. The van der Waals surface area contributed by atoms with Gasteiger partial charge in [0.1, 0.15) is 5.75 Å². The molecule has 0 bridgehead atoms. The maximum atomic E-state index is 12.8. The zero-order valence-electron chi connectivity index (χ0n) is 21.2. The number of alkyl halides is 3. The Balaban J connectivity index is 1.37. The number of hydrogen-bond acceptors (Lipinski definition) is 5. The lowest BCUT2D eigenvalue weighted by Gasteiger charge is -2.36. The van der Waals surface area contributed by atoms with E-state index in [2.05, 4.69) is 16.8 Å². The van der Waals surface area contributed by atoms with Crippen molar-refractivity contribution in [3.63, 3.8) is 0 Å². The number of carboxylic acids is 1. The van der Waals surface area contributed by atoms with Gasteiger partial charge in [-0.05, 0) is 79.8 Å². The number of hydrogen-bond donors (Lipinski definition) is 2. The average molecular weight is 561 g/mol. The number of pyridine rings is 1. The third-order valence-electron chi connectivity index (χ3n) is 7.13. The minimum Gasteiger partial charge on any atom is -0.497 e. The molecule has 3 aromatic rings. The van der Waals surface area contributed by atoms with Crippen molar-refractivity contribution in [3.05, 3.63) is 70.4 Å². The van der Waals surface area contributed by atoms with Crippen molar-refractivity contribution in [2.24, 2.45) is 11.8 Å². The van der Waals surface area contributed by atoms with Gasteiger partial charge in [0.05, 0.1) is 41.8 Å². The second-order valence-corrected chi connectivity index (χ2v) is 10.0. The van der Waals surface area contributed by atoms with Gasteiger partial charge in [-0.1, -0.05) is 23.4 Å². The molecule has 2 heterocycles. The second kappa shape index (κ2) is 12.2. The quantitative estimate of drug-likeness (QED) is 0.355. The number of rotatable bonds is 7. The fourth-order valence-corrected chi connectivity index (χ4v) is 5.20. The molecule has 1 unspecified atom stereocenters. The first-order valence-electron chi connectivity index (χ1n) is 12.5. The number of aliphatic hydroxyl groups excluding tert-OH is 1. The van der Waals surface area contributed by atoms with E-state index in [1.54, 1.807) is 25.4 Å². The van der Waals surface area contributed by atoms with E-state index in [4.69, 9.17) is 16.3 Å². The van der Waals surface area contributed by atoms with Crippen molar-refractivity contribution < 1.29 is 32.9 Å². The van der Waals surface area contributed by atoms with E-state index in [0.29, 0.717) is 38.1 Å². The lowest BCUT2D eigenvalue weighted by Crippen LogP contribution is -2.44. The lowest BCUT2D eigenvalue weighted by atomic mass is 9.81. The molecule has 3 atom stereocenters. The Morgan fingerprint density at radius 2 is 2.05 bits per heavy atom. The van der Waals surface area contributed by atoms with Crippen LogP contribution < -0.4 is 4.74 Å². The summed E-state index contributed by atoms with van der Waals surface area (Å²) in [6.45, 7) is 1.18. The molecule has 0 spiro atoms. The van der Waals surface area contributed by atoms with Crippen LogP contribution in [0, 0.1) is 23.7 Å². The minimum atomic E-state index is -4.48. The van der Waals surface area contributed by atoms with Crippen LogP contribution in [0.4, 0.5) is 13.2 Å². The second-order valence-electron chi connectivity index (χ2n) is 9.60. The SMILES string of the molecule is COc1ccc2nccc(C(O)CC[C@@H]3CCN(CC#Cc4ccc(C(F)(F)F)cc4Cl)C[C@@H]3C(=O)O)c2c1. The van der Waals surface area contributed by atoms with Gasteiger partial charge in [-0.3, -0.25) is 14.7 Å². The van der Waals surface area contributed by atoms with E-state index in [1.807, 2.05) is 17.0 Å². The Hall–Kier alpha value is -3.32. The van der Waals surface area contributed by atoms with E-state index in [9.17, 15) is 28.2 Å². The zero-order valence-corrected chi connectivity index (χ0v) is 22.0. The Morgan fingerprint density at radius 3 is 2.74 bits per heavy atom. The number of fused-ring (bicyclic) bond motifs is 1. The maximum Gasteiger partial charge on any atom is 0.416 e. The van der Waals surface area contributed by atoms with Crippen LogP contribution in [-0.4, -0.2) is 52.8 Å². The number of likely N-dealkylation sites (tertiary alicyclic amines) is 1. The third-order valence-corrected chi connectivity index (χ3v) is 7.44. The molecule has 206 valence electrons. The van der Waals surface area contributed by atoms with Crippen molar-refractivity contribution in [3.8, 4) is 17.6 Å². The highest BCUT2D eigenvalue weighted by Crippen LogP contribution is 2.34. The van der Waals surface area contributed by atoms with Crippen molar-refractivity contribution in [1.82, 2.24) is 9.88 Å². The Labute approximate surface area is 229 Å². The number of halogens is 4. The van der Waals surface area contributed by atoms with Gasteiger partial charge in [-0.2, -0.15) is 13.2 Å². The van der Waals surface area contributed by atoms with Gasteiger partial charge in [0.25, 0.3) is 0 Å². The van der Waals surface area contributed by atoms with E-state index in [-0.39, 0.29) is 23.0 Å². The van der Waals surface area contributed by atoms with Crippen LogP contribution in [0.3, 0.4) is 0 Å². The number of ether oxygens (including phenoxy) is 1. The van der Waals surface area contributed by atoms with Gasteiger partial charge in [0, 0.05) is 23.7 Å². The molecule has 0 aliphatic carbocycles. The summed E-state index contributed by atoms with van der Waals surface area (Å²) in [5.41, 5.74) is 0.902. The Morgan fingerprint density at radius 1 is 1.26 bits per heavy atom. The number of piperidine rings is 1. The van der Waals surface area contributed by atoms with Gasteiger partial charge in [0.2, 0.25) is 0 Å². The molecule has 1 saturated heterocycles. The van der Waals surface area contributed by atoms with E-state index < -0.39 is 29.7 Å². The molecule has 0 saturated carbocycles. The van der Waals surface area contributed by atoms with E-state index in [0.717, 1.165) is 28.6 Å². The summed E-state index contributed by atoms with van der Waals surface area (Å²) < 4.78 is 43.8. The minimum absolute atomic E-state index is 0.0848. The molecule has 1 aromatic heterocycles. The van der Waals surface area contributed by atoms with E-state index in [1.165, 1.54) is 6.07 Å².